The van der Waals surface area contributed by atoms with E-state index in [0.717, 1.165) is 132 Å². The fourth-order valence-electron chi connectivity index (χ4n) is 12.3. The molecule has 19 heteroatoms. The maximum Gasteiger partial charge on any atom is 0.222 e. The number of hydrogen-bond donors (Lipinski definition) is 3. The van der Waals surface area contributed by atoms with Gasteiger partial charge < -0.3 is 9.80 Å². The SMILES string of the molecule is CC(NCB=O)C(=O)N1CCC(CC(=O)N2CCN(C3c4ccc(Cl)cc4CCc4cccnc43)CC2)CC1.CCC(=O)N1CCC(CC(=O)N2CCN(C3c4ccc(Cl)cc4CCc4cccnc43)CC2)CC1.N=N. The van der Waals surface area contributed by atoms with E-state index in [9.17, 15) is 23.9 Å². The maximum atomic E-state index is 13.2. The quantitative estimate of drug-likeness (QED) is 0.101. The average Bonchev–Trinajstić information content (AvgIpc) is 3.74. The van der Waals surface area contributed by atoms with Crippen LogP contribution in [0.2, 0.25) is 10.0 Å². The Labute approximate surface area is 458 Å². The van der Waals surface area contributed by atoms with E-state index >= 15 is 0 Å². The van der Waals surface area contributed by atoms with Crippen LogP contribution in [0.4, 0.5) is 0 Å². The molecule has 2 aliphatic carbocycles. The zero-order valence-corrected chi connectivity index (χ0v) is 45.7. The van der Waals surface area contributed by atoms with Crippen molar-refractivity contribution in [2.45, 2.75) is 103 Å². The first kappa shape index (κ1) is 56.7. The Kier molecular flexibility index (Phi) is 20.3. The van der Waals surface area contributed by atoms with Crippen LogP contribution in [0.5, 0.6) is 0 Å². The van der Waals surface area contributed by atoms with Crippen LogP contribution in [-0.4, -0.2) is 161 Å². The maximum absolute atomic E-state index is 13.2. The molecule has 3 atom stereocenters. The van der Waals surface area contributed by atoms with E-state index in [1.165, 1.54) is 33.4 Å². The number of rotatable bonds is 11. The summed E-state index contributed by atoms with van der Waals surface area (Å²) in [7, 11) is 0.767. The molecule has 3 N–H and O–H groups in total. The number of nitrogens with zero attached hydrogens (tertiary/aromatic N) is 8. The number of carbonyl (C=O) groups is 4. The fourth-order valence-corrected chi connectivity index (χ4v) is 12.7. The summed E-state index contributed by atoms with van der Waals surface area (Å²) in [5.74, 6) is 1.41. The minimum atomic E-state index is -0.371. The van der Waals surface area contributed by atoms with Gasteiger partial charge in [-0.1, -0.05) is 54.4 Å². The Morgan fingerprint density at radius 1 is 0.592 bits per heavy atom. The summed E-state index contributed by atoms with van der Waals surface area (Å²) in [5.41, 5.74) is 20.0. The number of piperazine rings is 2. The summed E-state index contributed by atoms with van der Waals surface area (Å²) in [4.78, 5) is 73.3. The van der Waals surface area contributed by atoms with Crippen LogP contribution >= 0.6 is 23.2 Å². The van der Waals surface area contributed by atoms with Gasteiger partial charge in [-0.2, -0.15) is 0 Å². The second-order valence-corrected chi connectivity index (χ2v) is 21.9. The number of nitrogens with one attached hydrogen (secondary N) is 3. The van der Waals surface area contributed by atoms with Gasteiger partial charge in [0, 0.05) is 87.6 Å². The molecule has 404 valence electrons. The Hall–Kier alpha value is -5.46. The van der Waals surface area contributed by atoms with Crippen LogP contribution < -0.4 is 5.32 Å². The number of likely N-dealkylation sites (tertiary alicyclic amines) is 2. The van der Waals surface area contributed by atoms with Crippen LogP contribution in [-0.2, 0) is 49.6 Å². The van der Waals surface area contributed by atoms with E-state index in [1.807, 2.05) is 63.2 Å². The molecule has 0 saturated carbocycles. The summed E-state index contributed by atoms with van der Waals surface area (Å²) in [6, 6.07) is 20.7. The van der Waals surface area contributed by atoms with Crippen LogP contribution in [0.3, 0.4) is 0 Å². The molecule has 2 aromatic carbocycles. The van der Waals surface area contributed by atoms with E-state index in [1.54, 1.807) is 6.92 Å². The van der Waals surface area contributed by atoms with Gasteiger partial charge in [0.25, 0.3) is 0 Å². The van der Waals surface area contributed by atoms with Gasteiger partial charge >= 0.3 is 119 Å². The molecule has 6 heterocycles. The van der Waals surface area contributed by atoms with E-state index in [4.69, 9.17) is 44.2 Å². The molecule has 4 aliphatic heterocycles. The normalized spacial score (nSPS) is 20.6. The molecule has 2 aromatic heterocycles. The van der Waals surface area contributed by atoms with E-state index < -0.39 is 0 Å². The number of fused-ring (bicyclic) bond motifs is 4. The van der Waals surface area contributed by atoms with Gasteiger partial charge in [0.1, 0.15) is 0 Å². The molecule has 0 spiro atoms. The number of aryl methyl sites for hydroxylation is 4. The van der Waals surface area contributed by atoms with Crippen LogP contribution in [0.15, 0.2) is 73.1 Å². The van der Waals surface area contributed by atoms with Crippen molar-refractivity contribution >= 4 is 54.0 Å². The number of amides is 4. The molecule has 4 fully saturated rings. The molecule has 4 aromatic rings. The summed E-state index contributed by atoms with van der Waals surface area (Å²) in [6.45, 7) is 12.8. The number of hydrogen-bond acceptors (Lipinski definition) is 12. The van der Waals surface area contributed by atoms with Gasteiger partial charge in [-0.25, -0.2) is 11.1 Å². The van der Waals surface area contributed by atoms with Gasteiger partial charge in [-0.05, 0) is 114 Å². The first-order valence-electron chi connectivity index (χ1n) is 27.4. The zero-order chi connectivity index (χ0) is 53.7. The topological polar surface area (TPSA) is 190 Å². The molecule has 3 unspecified atom stereocenters. The molecular weight excluding hydrogens is 1000 g/mol. The van der Waals surface area contributed by atoms with Gasteiger partial charge in [0.15, 0.2) is 0 Å². The van der Waals surface area contributed by atoms with E-state index in [-0.39, 0.29) is 48.2 Å². The predicted molar refractivity (Wildman–Crippen MR) is 294 cm³/mol. The molecule has 10 rings (SSSR count). The zero-order valence-electron chi connectivity index (χ0n) is 44.2. The molecule has 0 radical (unpaired) electrons. The summed E-state index contributed by atoms with van der Waals surface area (Å²) < 4.78 is 10.6. The van der Waals surface area contributed by atoms with Gasteiger partial charge in [-0.3, -0.25) is 29.4 Å². The standard InChI is InChI=1S/C29H37BClN5O3.C28H35ClN4O2.H2N2/c1-20(33-19-30-39)29(38)36-11-8-21(9-12-36)17-26(37)34-13-15-35(16-14-34)28-25-7-6-24(31)18-23(25)5-4-22-3-2-10-32-27(22)28;1-2-25(34)31-12-9-20(10-13-31)18-26(35)32-14-16-33(17-15-32)28-24-8-7-23(29)19-22(24)6-5-21-4-3-11-30-27(21)28;1-2/h2-3,6-7,10,18,20-21,28,33H,4-5,8-9,11-17,19H2,1H3;3-4,7-8,11,19-20,28H,2,5-6,9-10,12-18H2,1H3;1-2H. The summed E-state index contributed by atoms with van der Waals surface area (Å²) in [6.07, 6.45) is 13.0. The Morgan fingerprint density at radius 2 is 1.00 bits per heavy atom. The van der Waals surface area contributed by atoms with Crippen molar-refractivity contribution in [3.05, 3.63) is 128 Å². The number of halogens is 2. The first-order valence-corrected chi connectivity index (χ1v) is 28.2. The second kappa shape index (κ2) is 27.2. The fraction of sp³-hybridized carbons (Fsp3) is 0.544. The molecule has 6 aliphatic rings. The molecule has 16 nitrogen and oxygen atoms in total. The minimum absolute atomic E-state index is 0.0242. The van der Waals surface area contributed by atoms with Crippen LogP contribution in [0, 0.1) is 22.9 Å². The number of benzene rings is 2. The number of piperidine rings is 2. The van der Waals surface area contributed by atoms with Crippen molar-refractivity contribution in [3.63, 3.8) is 0 Å². The minimum Gasteiger partial charge on any atom is -0.343 e. The Morgan fingerprint density at radius 3 is 1.42 bits per heavy atom. The van der Waals surface area contributed by atoms with Gasteiger partial charge in [0.05, 0.1) is 23.5 Å². The van der Waals surface area contributed by atoms with Crippen molar-refractivity contribution in [3.8, 4) is 0 Å². The monoisotopic (exact) mass is 1070 g/mol. The van der Waals surface area contributed by atoms with Gasteiger partial charge in [0.2, 0.25) is 11.8 Å². The average molecular weight is 1080 g/mol. The summed E-state index contributed by atoms with van der Waals surface area (Å²) >= 11 is 12.7. The van der Waals surface area contributed by atoms with Crippen molar-refractivity contribution in [1.82, 2.24) is 44.7 Å². The van der Waals surface area contributed by atoms with Crippen LogP contribution in [0.25, 0.3) is 0 Å². The van der Waals surface area contributed by atoms with E-state index in [0.29, 0.717) is 57.3 Å². The third-order valence-electron chi connectivity index (χ3n) is 16.6. The van der Waals surface area contributed by atoms with Crippen molar-refractivity contribution in [1.29, 1.82) is 11.1 Å². The van der Waals surface area contributed by atoms with Gasteiger partial charge in [-0.15, -0.1) is 0 Å². The van der Waals surface area contributed by atoms with Crippen LogP contribution in [0.1, 0.15) is 116 Å². The third-order valence-corrected chi connectivity index (χ3v) is 17.0. The molecule has 4 amide bonds. The Bertz CT molecular complexity index is 2650. The third kappa shape index (κ3) is 13.8. The van der Waals surface area contributed by atoms with Crippen molar-refractivity contribution in [2.24, 2.45) is 11.8 Å². The largest absolute Gasteiger partial charge is 0.343 e. The predicted octanol–water partition coefficient (Wildman–Crippen LogP) is 7.38. The second-order valence-electron chi connectivity index (χ2n) is 21.1. The number of pyridine rings is 2. The molecule has 76 heavy (non-hydrogen) atoms. The van der Waals surface area contributed by atoms with E-state index in [2.05, 4.69) is 51.5 Å². The van der Waals surface area contributed by atoms with Crippen molar-refractivity contribution in [2.75, 3.05) is 85.0 Å². The first-order chi connectivity index (χ1) is 37.0. The molecular formula is C57H74BCl2N11O5. The van der Waals surface area contributed by atoms with Crippen molar-refractivity contribution < 1.29 is 23.9 Å². The molecule has 4 saturated heterocycles. The number of carbonyl (C=O) groups excluding carboxylic acids is 4. The smallest absolute Gasteiger partial charge is 0.222 e. The molecule has 0 bridgehead atoms. The Balaban J connectivity index is 0.000000196. The number of aromatic nitrogens is 2. The summed E-state index contributed by atoms with van der Waals surface area (Å²) in [5, 5.41) is 4.47.